The van der Waals surface area contributed by atoms with Gasteiger partial charge in [0.2, 0.25) is 0 Å². The first-order valence-electron chi connectivity index (χ1n) is 12.7. The maximum absolute atomic E-state index is 12.8. The van der Waals surface area contributed by atoms with E-state index in [-0.39, 0.29) is 21.9 Å². The second kappa shape index (κ2) is 12.3. The lowest BCUT2D eigenvalue weighted by molar-refractivity contribution is 0.0734. The number of esters is 1. The molecule has 0 saturated heterocycles. The number of hydrogen-bond acceptors (Lipinski definition) is 6. The molecule has 5 rings (SSSR count). The molecular weight excluding hydrogens is 574 g/mol. The van der Waals surface area contributed by atoms with Crippen LogP contribution in [0.1, 0.15) is 31.8 Å². The summed E-state index contributed by atoms with van der Waals surface area (Å²) in [4.78, 5) is 25.6. The Morgan fingerprint density at radius 1 is 0.810 bits per heavy atom. The second-order valence-electron chi connectivity index (χ2n) is 9.29. The van der Waals surface area contributed by atoms with Gasteiger partial charge in [0, 0.05) is 21.8 Å². The third-order valence-electron chi connectivity index (χ3n) is 6.30. The first-order chi connectivity index (χ1) is 20.2. The number of anilines is 1. The molecule has 8 nitrogen and oxygen atoms in total. The molecule has 0 aliphatic rings. The van der Waals surface area contributed by atoms with E-state index in [0.717, 1.165) is 16.3 Å². The fourth-order valence-electron chi connectivity index (χ4n) is 4.08. The topological polar surface area (TPSA) is 114 Å². The van der Waals surface area contributed by atoms with E-state index in [0.29, 0.717) is 16.1 Å². The largest absolute Gasteiger partial charge is 0.422 e. The lowest BCUT2D eigenvalue weighted by atomic mass is 10.0. The number of carbonyl (C=O) groups is 2. The van der Waals surface area contributed by atoms with Gasteiger partial charge in [-0.15, -0.1) is 0 Å². The smallest absolute Gasteiger partial charge is 0.343 e. The maximum atomic E-state index is 12.8. The molecular formula is C32H24ClN3O5S. The summed E-state index contributed by atoms with van der Waals surface area (Å²) in [6.07, 6.45) is 1.42. The molecule has 0 unspecified atom stereocenters. The summed E-state index contributed by atoms with van der Waals surface area (Å²) in [5, 5.41) is 6.21. The van der Waals surface area contributed by atoms with Crippen LogP contribution >= 0.6 is 11.6 Å². The highest BCUT2D eigenvalue weighted by Gasteiger charge is 2.16. The van der Waals surface area contributed by atoms with Crippen molar-refractivity contribution in [3.63, 3.8) is 0 Å². The number of rotatable bonds is 8. The van der Waals surface area contributed by atoms with Gasteiger partial charge in [-0.05, 0) is 84.4 Å². The van der Waals surface area contributed by atoms with E-state index in [1.54, 1.807) is 18.2 Å². The van der Waals surface area contributed by atoms with Crippen molar-refractivity contribution in [2.24, 2.45) is 5.10 Å². The number of nitrogens with zero attached hydrogens (tertiary/aromatic N) is 1. The summed E-state index contributed by atoms with van der Waals surface area (Å²) < 4.78 is 33.4. The van der Waals surface area contributed by atoms with E-state index < -0.39 is 21.9 Å². The molecule has 5 aromatic carbocycles. The van der Waals surface area contributed by atoms with Gasteiger partial charge in [-0.3, -0.25) is 9.52 Å². The Kier molecular flexibility index (Phi) is 8.33. The molecule has 10 heteroatoms. The van der Waals surface area contributed by atoms with E-state index >= 15 is 0 Å². The average Bonchev–Trinajstić information content (AvgIpc) is 2.98. The van der Waals surface area contributed by atoms with E-state index in [1.807, 2.05) is 49.4 Å². The van der Waals surface area contributed by atoms with Gasteiger partial charge in [0.05, 0.1) is 16.7 Å². The number of aryl methyl sites for hydroxylation is 1. The highest BCUT2D eigenvalue weighted by molar-refractivity contribution is 7.92. The van der Waals surface area contributed by atoms with Crippen LogP contribution < -0.4 is 14.9 Å². The van der Waals surface area contributed by atoms with Crippen molar-refractivity contribution < 1.29 is 22.7 Å². The molecule has 0 heterocycles. The first-order valence-corrected chi connectivity index (χ1v) is 14.6. The van der Waals surface area contributed by atoms with Crippen molar-refractivity contribution in [1.82, 2.24) is 5.43 Å². The third-order valence-corrected chi connectivity index (χ3v) is 7.95. The molecule has 0 aliphatic heterocycles. The van der Waals surface area contributed by atoms with E-state index in [4.69, 9.17) is 16.3 Å². The molecule has 0 radical (unpaired) electrons. The maximum Gasteiger partial charge on any atom is 0.343 e. The van der Waals surface area contributed by atoms with Crippen LogP contribution in [0, 0.1) is 6.92 Å². The number of amides is 1. The van der Waals surface area contributed by atoms with Crippen LogP contribution in [0.4, 0.5) is 5.69 Å². The summed E-state index contributed by atoms with van der Waals surface area (Å²) in [6, 6.07) is 29.7. The van der Waals surface area contributed by atoms with E-state index in [2.05, 4.69) is 15.2 Å². The fourth-order valence-corrected chi connectivity index (χ4v) is 5.27. The highest BCUT2D eigenvalue weighted by Crippen LogP contribution is 2.27. The monoisotopic (exact) mass is 597 g/mol. The molecule has 0 atom stereocenters. The lowest BCUT2D eigenvalue weighted by Crippen LogP contribution is -2.18. The van der Waals surface area contributed by atoms with Crippen molar-refractivity contribution in [2.45, 2.75) is 11.8 Å². The Balaban J connectivity index is 1.31. The van der Waals surface area contributed by atoms with Gasteiger partial charge < -0.3 is 4.74 Å². The molecule has 0 bridgehead atoms. The normalized spacial score (nSPS) is 11.4. The Bertz CT molecular complexity index is 1910. The van der Waals surface area contributed by atoms with E-state index in [9.17, 15) is 18.0 Å². The molecule has 5 aromatic rings. The van der Waals surface area contributed by atoms with Gasteiger partial charge in [0.15, 0.2) is 0 Å². The quantitative estimate of drug-likeness (QED) is 0.0907. The minimum Gasteiger partial charge on any atom is -0.422 e. The number of hydrazone groups is 1. The number of benzene rings is 5. The number of hydrogen-bond donors (Lipinski definition) is 2. The van der Waals surface area contributed by atoms with Gasteiger partial charge in [0.25, 0.3) is 15.9 Å². The number of carbonyl (C=O) groups excluding carboxylic acids is 2. The molecule has 42 heavy (non-hydrogen) atoms. The molecule has 1 amide bonds. The van der Waals surface area contributed by atoms with Crippen LogP contribution in [0.2, 0.25) is 5.02 Å². The number of halogens is 1. The molecule has 2 N–H and O–H groups in total. The van der Waals surface area contributed by atoms with Crippen LogP contribution in [0.25, 0.3) is 10.8 Å². The molecule has 0 aromatic heterocycles. The molecule has 0 aliphatic carbocycles. The molecule has 0 spiro atoms. The van der Waals surface area contributed by atoms with Gasteiger partial charge in [-0.1, -0.05) is 59.6 Å². The van der Waals surface area contributed by atoms with Gasteiger partial charge in [0.1, 0.15) is 5.75 Å². The van der Waals surface area contributed by atoms with Crippen LogP contribution in [0.3, 0.4) is 0 Å². The fraction of sp³-hybridized carbons (Fsp3) is 0.0312. The highest BCUT2D eigenvalue weighted by atomic mass is 35.5. The van der Waals surface area contributed by atoms with Crippen LogP contribution in [-0.2, 0) is 10.0 Å². The van der Waals surface area contributed by atoms with Gasteiger partial charge >= 0.3 is 5.97 Å². The summed E-state index contributed by atoms with van der Waals surface area (Å²) >= 11 is 5.84. The Morgan fingerprint density at radius 2 is 1.48 bits per heavy atom. The predicted octanol–water partition coefficient (Wildman–Crippen LogP) is 6.59. The summed E-state index contributed by atoms with van der Waals surface area (Å²) in [7, 11) is -3.83. The number of ether oxygens (including phenoxy) is 1. The first kappa shape index (κ1) is 28.5. The molecule has 210 valence electrons. The van der Waals surface area contributed by atoms with Crippen LogP contribution in [-0.4, -0.2) is 26.5 Å². The van der Waals surface area contributed by atoms with Crippen molar-refractivity contribution in [1.29, 1.82) is 0 Å². The number of nitrogens with one attached hydrogen (secondary N) is 2. The lowest BCUT2D eigenvalue weighted by Gasteiger charge is -2.11. The van der Waals surface area contributed by atoms with Crippen molar-refractivity contribution in [3.05, 3.63) is 136 Å². The van der Waals surface area contributed by atoms with Gasteiger partial charge in [-0.25, -0.2) is 18.6 Å². The number of fused-ring (bicyclic) bond motifs is 1. The zero-order valence-corrected chi connectivity index (χ0v) is 23.8. The Labute approximate surface area is 247 Å². The van der Waals surface area contributed by atoms with Crippen LogP contribution in [0.5, 0.6) is 5.75 Å². The minimum absolute atomic E-state index is 0.0559. The second-order valence-corrected chi connectivity index (χ2v) is 11.4. The predicted molar refractivity (Wildman–Crippen MR) is 164 cm³/mol. The standard InChI is InChI=1S/C32H24ClN3O5S/c1-21-6-8-24(9-7-21)32(38)41-30-19-12-22-4-2-3-5-28(22)29(30)20-34-35-31(37)23-10-15-26(16-11-23)36-42(39,40)27-17-13-25(33)14-18-27/h2-20,36H,1H3,(H,35,37). The summed E-state index contributed by atoms with van der Waals surface area (Å²) in [5.41, 5.74) is 4.95. The van der Waals surface area contributed by atoms with Gasteiger partial charge in [-0.2, -0.15) is 5.10 Å². The number of sulfonamides is 1. The SMILES string of the molecule is Cc1ccc(C(=O)Oc2ccc3ccccc3c2C=NNC(=O)c2ccc(NS(=O)(=O)c3ccc(Cl)cc3)cc2)cc1. The molecule has 0 fully saturated rings. The zero-order valence-electron chi connectivity index (χ0n) is 22.2. The van der Waals surface area contributed by atoms with Crippen LogP contribution in [0.15, 0.2) is 119 Å². The van der Waals surface area contributed by atoms with Crippen molar-refractivity contribution in [2.75, 3.05) is 4.72 Å². The third kappa shape index (κ3) is 6.65. The minimum atomic E-state index is -3.83. The van der Waals surface area contributed by atoms with Crippen molar-refractivity contribution in [3.8, 4) is 5.75 Å². The van der Waals surface area contributed by atoms with Crippen molar-refractivity contribution >= 4 is 56.2 Å². The Hall–Kier alpha value is -4.99. The van der Waals surface area contributed by atoms with E-state index in [1.165, 1.54) is 54.7 Å². The average molecular weight is 598 g/mol. The zero-order chi connectivity index (χ0) is 29.7. The Morgan fingerprint density at radius 3 is 2.19 bits per heavy atom. The molecule has 0 saturated carbocycles. The summed E-state index contributed by atoms with van der Waals surface area (Å²) in [5.74, 6) is -0.748. The summed E-state index contributed by atoms with van der Waals surface area (Å²) in [6.45, 7) is 1.93.